The Balaban J connectivity index is 2.53. The molecule has 0 saturated heterocycles. The molecule has 1 unspecified atom stereocenters. The third-order valence-corrected chi connectivity index (χ3v) is 1.40. The van der Waals surface area contributed by atoms with Crippen LogP contribution in [-0.2, 0) is 0 Å². The third kappa shape index (κ3) is 0.941. The lowest BCUT2D eigenvalue weighted by Crippen LogP contribution is -2.16. The largest absolute Gasteiger partial charge is 0.876 e. The van der Waals surface area contributed by atoms with Gasteiger partial charge in [-0.3, -0.25) is 0 Å². The minimum Gasteiger partial charge on any atom is -0.876 e. The molecular weight excluding hydrogens is 102 g/mol. The molecule has 0 radical (unpaired) electrons. The van der Waals surface area contributed by atoms with Crippen molar-refractivity contribution in [2.75, 3.05) is 6.54 Å². The molecule has 8 heavy (non-hydrogen) atoms. The summed E-state index contributed by atoms with van der Waals surface area (Å²) in [5.41, 5.74) is 0. The van der Waals surface area contributed by atoms with Crippen molar-refractivity contribution in [2.45, 2.75) is 13.3 Å². The summed E-state index contributed by atoms with van der Waals surface area (Å²) in [6, 6.07) is 0. The van der Waals surface area contributed by atoms with Crippen molar-refractivity contribution in [1.82, 2.24) is 0 Å². The first-order valence-corrected chi connectivity index (χ1v) is 2.84. The molecular formula is C6H9NO-2. The van der Waals surface area contributed by atoms with Crippen molar-refractivity contribution >= 4 is 0 Å². The minimum absolute atomic E-state index is 0.177. The van der Waals surface area contributed by atoms with E-state index in [1.165, 1.54) is 6.20 Å². The number of allylic oxidation sites excluding steroid dienone is 1. The summed E-state index contributed by atoms with van der Waals surface area (Å²) in [7, 11) is 0. The lowest BCUT2D eigenvalue weighted by Gasteiger charge is -2.33. The quantitative estimate of drug-likeness (QED) is 0.451. The minimum atomic E-state index is 0.177. The normalized spacial score (nSPS) is 28.6. The molecule has 0 N–H and O–H groups in total. The van der Waals surface area contributed by atoms with Gasteiger partial charge in [-0.15, -0.1) is 6.54 Å². The molecule has 2 heteroatoms. The van der Waals surface area contributed by atoms with E-state index in [0.29, 0.717) is 0 Å². The van der Waals surface area contributed by atoms with Gasteiger partial charge in [0.1, 0.15) is 0 Å². The van der Waals surface area contributed by atoms with Crippen LogP contribution in [0.5, 0.6) is 0 Å². The molecule has 0 amide bonds. The van der Waals surface area contributed by atoms with E-state index in [9.17, 15) is 5.11 Å². The maximum atomic E-state index is 10.6. The van der Waals surface area contributed by atoms with Gasteiger partial charge in [0, 0.05) is 0 Å². The van der Waals surface area contributed by atoms with Crippen LogP contribution in [0.2, 0.25) is 0 Å². The van der Waals surface area contributed by atoms with Crippen LogP contribution in [0.1, 0.15) is 13.3 Å². The van der Waals surface area contributed by atoms with Gasteiger partial charge in [0.2, 0.25) is 0 Å². The van der Waals surface area contributed by atoms with Gasteiger partial charge < -0.3 is 10.4 Å². The first-order chi connectivity index (χ1) is 3.80. The van der Waals surface area contributed by atoms with E-state index in [0.717, 1.165) is 13.0 Å². The lowest BCUT2D eigenvalue weighted by atomic mass is 10.0. The summed E-state index contributed by atoms with van der Waals surface area (Å²) in [6.45, 7) is 2.76. The standard InChI is InChI=1S/C6H10NO/c1-5-2-3-7-4-6(5)8/h4-5,8H,2-3H2,1H3/q-1/p-1. The molecule has 0 aliphatic carbocycles. The Hall–Kier alpha value is -0.660. The maximum Gasteiger partial charge on any atom is -0.0366 e. The van der Waals surface area contributed by atoms with Crippen LogP contribution in [0.4, 0.5) is 0 Å². The number of hydrogen-bond donors (Lipinski definition) is 0. The second kappa shape index (κ2) is 2.07. The summed E-state index contributed by atoms with van der Waals surface area (Å²) >= 11 is 0. The van der Waals surface area contributed by atoms with E-state index >= 15 is 0 Å². The highest BCUT2D eigenvalue weighted by atomic mass is 16.3. The SMILES string of the molecule is CC1CC[N-]C=C1[O-]. The summed E-state index contributed by atoms with van der Waals surface area (Å²) < 4.78 is 0. The Labute approximate surface area is 49.2 Å². The van der Waals surface area contributed by atoms with Crippen LogP contribution >= 0.6 is 0 Å². The van der Waals surface area contributed by atoms with Crippen LogP contribution in [0, 0.1) is 5.92 Å². The molecule has 0 aromatic heterocycles. The van der Waals surface area contributed by atoms with Gasteiger partial charge in [-0.05, 0) is 5.92 Å². The Kier molecular flexibility index (Phi) is 1.42. The molecule has 1 rings (SSSR count). The summed E-state index contributed by atoms with van der Waals surface area (Å²) in [5, 5.41) is 14.5. The van der Waals surface area contributed by atoms with E-state index in [4.69, 9.17) is 0 Å². The van der Waals surface area contributed by atoms with Crippen molar-refractivity contribution in [1.29, 1.82) is 0 Å². The molecule has 1 heterocycles. The molecule has 0 fully saturated rings. The van der Waals surface area contributed by atoms with Gasteiger partial charge >= 0.3 is 0 Å². The van der Waals surface area contributed by atoms with E-state index in [-0.39, 0.29) is 11.7 Å². The van der Waals surface area contributed by atoms with Crippen LogP contribution < -0.4 is 5.11 Å². The van der Waals surface area contributed by atoms with Crippen LogP contribution in [0.3, 0.4) is 0 Å². The van der Waals surface area contributed by atoms with Crippen molar-refractivity contribution in [2.24, 2.45) is 5.92 Å². The number of nitrogens with zero attached hydrogens (tertiary/aromatic N) is 1. The topological polar surface area (TPSA) is 37.2 Å². The highest BCUT2D eigenvalue weighted by molar-refractivity contribution is 5.10. The molecule has 1 aliphatic heterocycles. The zero-order valence-corrected chi connectivity index (χ0v) is 4.92. The Morgan fingerprint density at radius 1 is 1.88 bits per heavy atom. The molecule has 1 aliphatic rings. The predicted octanol–water partition coefficient (Wildman–Crippen LogP) is 0.602. The van der Waals surface area contributed by atoms with Crippen LogP contribution in [-0.4, -0.2) is 6.54 Å². The fourth-order valence-corrected chi connectivity index (χ4v) is 0.692. The van der Waals surface area contributed by atoms with E-state index < -0.39 is 0 Å². The first kappa shape index (κ1) is 5.48. The molecule has 0 saturated carbocycles. The van der Waals surface area contributed by atoms with Gasteiger partial charge in [-0.1, -0.05) is 13.3 Å². The van der Waals surface area contributed by atoms with E-state index in [1.54, 1.807) is 0 Å². The smallest absolute Gasteiger partial charge is 0.0366 e. The van der Waals surface area contributed by atoms with Crippen molar-refractivity contribution in [3.05, 3.63) is 17.3 Å². The monoisotopic (exact) mass is 111 g/mol. The third-order valence-electron chi connectivity index (χ3n) is 1.40. The first-order valence-electron chi connectivity index (χ1n) is 2.84. The molecule has 46 valence electrons. The molecule has 2 nitrogen and oxygen atoms in total. The fraction of sp³-hybridized carbons (Fsp3) is 0.667. The molecule has 0 bridgehead atoms. The van der Waals surface area contributed by atoms with Crippen LogP contribution in [0.15, 0.2) is 12.0 Å². The summed E-state index contributed by atoms with van der Waals surface area (Å²) in [5.74, 6) is 0.392. The van der Waals surface area contributed by atoms with Gasteiger partial charge in [-0.25, -0.2) is 0 Å². The predicted molar refractivity (Wildman–Crippen MR) is 30.1 cm³/mol. The molecule has 0 aromatic carbocycles. The van der Waals surface area contributed by atoms with Gasteiger partial charge in [0.15, 0.2) is 0 Å². The summed E-state index contributed by atoms with van der Waals surface area (Å²) in [4.78, 5) is 0. The zero-order valence-electron chi connectivity index (χ0n) is 4.92. The zero-order chi connectivity index (χ0) is 5.98. The highest BCUT2D eigenvalue weighted by Gasteiger charge is 1.96. The van der Waals surface area contributed by atoms with Crippen LogP contribution in [0.25, 0.3) is 5.32 Å². The average molecular weight is 111 g/mol. The van der Waals surface area contributed by atoms with E-state index in [2.05, 4.69) is 5.32 Å². The van der Waals surface area contributed by atoms with Crippen molar-refractivity contribution in [3.8, 4) is 0 Å². The van der Waals surface area contributed by atoms with Gasteiger partial charge in [0.25, 0.3) is 0 Å². The van der Waals surface area contributed by atoms with Crippen molar-refractivity contribution in [3.63, 3.8) is 0 Å². The highest BCUT2D eigenvalue weighted by Crippen LogP contribution is 2.16. The fourth-order valence-electron chi connectivity index (χ4n) is 0.692. The van der Waals surface area contributed by atoms with E-state index in [1.807, 2.05) is 6.92 Å². The Bertz CT molecular complexity index is 109. The maximum absolute atomic E-state index is 10.6. The van der Waals surface area contributed by atoms with Gasteiger partial charge in [-0.2, -0.15) is 12.0 Å². The lowest BCUT2D eigenvalue weighted by molar-refractivity contribution is -0.315. The molecule has 0 aromatic rings. The second-order valence-electron chi connectivity index (χ2n) is 2.13. The number of hydrogen-bond acceptors (Lipinski definition) is 1. The Morgan fingerprint density at radius 2 is 2.62 bits per heavy atom. The van der Waals surface area contributed by atoms with Crippen molar-refractivity contribution < 1.29 is 5.11 Å². The van der Waals surface area contributed by atoms with Gasteiger partial charge in [0.05, 0.1) is 0 Å². The molecule has 1 atom stereocenters. The number of rotatable bonds is 0. The summed E-state index contributed by atoms with van der Waals surface area (Å²) in [6.07, 6.45) is 2.36. The second-order valence-corrected chi connectivity index (χ2v) is 2.13. The average Bonchev–Trinajstić information content (AvgIpc) is 1.77. The Morgan fingerprint density at radius 3 is 3.00 bits per heavy atom. The molecule has 0 spiro atoms.